The van der Waals surface area contributed by atoms with Gasteiger partial charge in [-0.1, -0.05) is 23.7 Å². The number of carbonyl (C=O) groups is 2. The van der Waals surface area contributed by atoms with Crippen LogP contribution in [0, 0.1) is 10.1 Å². The number of amides is 2. The monoisotopic (exact) mass is 330 g/mol. The Labute approximate surface area is 136 Å². The molecule has 0 N–H and O–H groups in total. The smallest absolute Gasteiger partial charge is 0.269 e. The standard InChI is InChI=1S/C16H11ClN2O4/c1-9(11-7-6-10(17)8-14(11)19(22)23)18-15(20)12-4-2-3-5-13(12)16(18)21/h2-9H,1H3. The maximum absolute atomic E-state index is 12.5. The maximum atomic E-state index is 12.5. The summed E-state index contributed by atoms with van der Waals surface area (Å²) in [4.78, 5) is 36.7. The van der Waals surface area contributed by atoms with Crippen LogP contribution in [0.3, 0.4) is 0 Å². The number of rotatable bonds is 3. The number of imide groups is 1. The van der Waals surface area contributed by atoms with E-state index in [4.69, 9.17) is 11.6 Å². The van der Waals surface area contributed by atoms with Gasteiger partial charge in [-0.15, -0.1) is 0 Å². The molecule has 2 amide bonds. The number of nitrogens with zero attached hydrogens (tertiary/aromatic N) is 2. The zero-order valence-corrected chi connectivity index (χ0v) is 12.8. The maximum Gasteiger partial charge on any atom is 0.276 e. The second-order valence-electron chi connectivity index (χ2n) is 5.16. The van der Waals surface area contributed by atoms with Gasteiger partial charge in [0.05, 0.1) is 27.7 Å². The summed E-state index contributed by atoms with van der Waals surface area (Å²) in [5, 5.41) is 11.5. The number of halogens is 1. The first-order chi connectivity index (χ1) is 10.9. The molecule has 1 atom stereocenters. The SMILES string of the molecule is CC(c1ccc(Cl)cc1[N+](=O)[O-])N1C(=O)c2ccccc2C1=O. The molecule has 7 heteroatoms. The summed E-state index contributed by atoms with van der Waals surface area (Å²) in [5.41, 5.74) is 0.650. The van der Waals surface area contributed by atoms with Gasteiger partial charge in [0.25, 0.3) is 17.5 Å². The largest absolute Gasteiger partial charge is 0.276 e. The summed E-state index contributed by atoms with van der Waals surface area (Å²) >= 11 is 5.80. The van der Waals surface area contributed by atoms with Crippen molar-refractivity contribution in [3.63, 3.8) is 0 Å². The molecule has 0 aromatic heterocycles. The highest BCUT2D eigenvalue weighted by molar-refractivity contribution is 6.30. The number of fused-ring (bicyclic) bond motifs is 1. The molecule has 23 heavy (non-hydrogen) atoms. The van der Waals surface area contributed by atoms with Crippen molar-refractivity contribution >= 4 is 29.1 Å². The third kappa shape index (κ3) is 2.37. The van der Waals surface area contributed by atoms with E-state index in [-0.39, 0.29) is 16.3 Å². The topological polar surface area (TPSA) is 80.5 Å². The first-order valence-electron chi connectivity index (χ1n) is 6.82. The number of nitro groups is 1. The van der Waals surface area contributed by atoms with Gasteiger partial charge >= 0.3 is 0 Å². The number of benzene rings is 2. The third-order valence-electron chi connectivity index (χ3n) is 3.85. The van der Waals surface area contributed by atoms with E-state index in [2.05, 4.69) is 0 Å². The van der Waals surface area contributed by atoms with Crippen LogP contribution in [0.5, 0.6) is 0 Å². The van der Waals surface area contributed by atoms with Crippen LogP contribution in [-0.2, 0) is 0 Å². The van der Waals surface area contributed by atoms with Crippen molar-refractivity contribution < 1.29 is 14.5 Å². The predicted molar refractivity (Wildman–Crippen MR) is 83.5 cm³/mol. The number of nitro benzene ring substituents is 1. The highest BCUT2D eigenvalue weighted by Gasteiger charge is 2.40. The van der Waals surface area contributed by atoms with E-state index in [1.807, 2.05) is 0 Å². The molecule has 0 fully saturated rings. The molecule has 1 aliphatic rings. The fraction of sp³-hybridized carbons (Fsp3) is 0.125. The third-order valence-corrected chi connectivity index (χ3v) is 4.09. The quantitative estimate of drug-likeness (QED) is 0.489. The van der Waals surface area contributed by atoms with E-state index in [0.29, 0.717) is 11.1 Å². The van der Waals surface area contributed by atoms with Crippen LogP contribution >= 0.6 is 11.6 Å². The minimum absolute atomic E-state index is 0.218. The Morgan fingerprint density at radius 1 is 1.09 bits per heavy atom. The van der Waals surface area contributed by atoms with E-state index in [1.54, 1.807) is 31.2 Å². The Balaban J connectivity index is 2.06. The fourth-order valence-corrected chi connectivity index (χ4v) is 2.89. The van der Waals surface area contributed by atoms with Crippen LogP contribution in [0.15, 0.2) is 42.5 Å². The molecule has 2 aromatic rings. The molecule has 6 nitrogen and oxygen atoms in total. The molecule has 1 aliphatic heterocycles. The van der Waals surface area contributed by atoms with Crippen LogP contribution in [0.1, 0.15) is 39.2 Å². The lowest BCUT2D eigenvalue weighted by Crippen LogP contribution is -2.32. The first-order valence-corrected chi connectivity index (χ1v) is 7.20. The van der Waals surface area contributed by atoms with E-state index in [1.165, 1.54) is 18.2 Å². The molecule has 0 aliphatic carbocycles. The summed E-state index contributed by atoms with van der Waals surface area (Å²) in [6.07, 6.45) is 0. The van der Waals surface area contributed by atoms with E-state index >= 15 is 0 Å². The summed E-state index contributed by atoms with van der Waals surface area (Å²) in [6.45, 7) is 1.58. The average molecular weight is 331 g/mol. The normalized spacial score (nSPS) is 14.8. The summed E-state index contributed by atoms with van der Waals surface area (Å²) < 4.78 is 0. The van der Waals surface area contributed by atoms with Crippen molar-refractivity contribution in [2.75, 3.05) is 0 Å². The van der Waals surface area contributed by atoms with Crippen molar-refractivity contribution in [2.24, 2.45) is 0 Å². The second-order valence-corrected chi connectivity index (χ2v) is 5.60. The Bertz CT molecular complexity index is 815. The Kier molecular flexibility index (Phi) is 3.61. The van der Waals surface area contributed by atoms with Crippen LogP contribution in [0.2, 0.25) is 5.02 Å². The first kappa shape index (κ1) is 15.2. The van der Waals surface area contributed by atoms with Crippen molar-refractivity contribution in [3.8, 4) is 0 Å². The van der Waals surface area contributed by atoms with Gasteiger partial charge in [-0.25, -0.2) is 0 Å². The van der Waals surface area contributed by atoms with Crippen LogP contribution in [0.4, 0.5) is 5.69 Å². The molecule has 1 heterocycles. The highest BCUT2D eigenvalue weighted by atomic mass is 35.5. The minimum Gasteiger partial charge on any atom is -0.269 e. The molecule has 2 aromatic carbocycles. The lowest BCUT2D eigenvalue weighted by molar-refractivity contribution is -0.385. The zero-order valence-electron chi connectivity index (χ0n) is 12.0. The van der Waals surface area contributed by atoms with Gasteiger partial charge in [0, 0.05) is 11.1 Å². The van der Waals surface area contributed by atoms with Gasteiger partial charge in [-0.2, -0.15) is 0 Å². The number of hydrogen-bond acceptors (Lipinski definition) is 4. The van der Waals surface area contributed by atoms with Gasteiger partial charge in [0.15, 0.2) is 0 Å². The molecular weight excluding hydrogens is 320 g/mol. The second kappa shape index (κ2) is 5.48. The van der Waals surface area contributed by atoms with Gasteiger partial charge < -0.3 is 0 Å². The van der Waals surface area contributed by atoms with E-state index in [9.17, 15) is 19.7 Å². The van der Waals surface area contributed by atoms with Crippen LogP contribution in [0.25, 0.3) is 0 Å². The highest BCUT2D eigenvalue weighted by Crippen LogP contribution is 2.36. The van der Waals surface area contributed by atoms with Gasteiger partial charge in [0.1, 0.15) is 0 Å². The molecule has 116 valence electrons. The van der Waals surface area contributed by atoms with E-state index in [0.717, 1.165) is 4.90 Å². The number of hydrogen-bond donors (Lipinski definition) is 0. The molecular formula is C16H11ClN2O4. The van der Waals surface area contributed by atoms with Gasteiger partial charge in [0.2, 0.25) is 0 Å². The van der Waals surface area contributed by atoms with Crippen molar-refractivity contribution in [2.45, 2.75) is 13.0 Å². The summed E-state index contributed by atoms with van der Waals surface area (Å²) in [7, 11) is 0. The lowest BCUT2D eigenvalue weighted by atomic mass is 10.0. The molecule has 1 unspecified atom stereocenters. The van der Waals surface area contributed by atoms with Crippen molar-refractivity contribution in [1.82, 2.24) is 4.90 Å². The molecule has 0 saturated carbocycles. The van der Waals surface area contributed by atoms with Crippen LogP contribution in [-0.4, -0.2) is 21.6 Å². The van der Waals surface area contributed by atoms with Crippen LogP contribution < -0.4 is 0 Å². The van der Waals surface area contributed by atoms with Gasteiger partial charge in [-0.05, 0) is 31.2 Å². The fourth-order valence-electron chi connectivity index (χ4n) is 2.73. The molecule has 0 radical (unpaired) electrons. The van der Waals surface area contributed by atoms with Gasteiger partial charge in [-0.3, -0.25) is 24.6 Å². The molecule has 0 spiro atoms. The molecule has 0 bridgehead atoms. The Morgan fingerprint density at radius 2 is 1.65 bits per heavy atom. The molecule has 0 saturated heterocycles. The summed E-state index contributed by atoms with van der Waals surface area (Å²) in [5.74, 6) is -0.912. The Hall–Kier alpha value is -2.73. The zero-order chi connectivity index (χ0) is 16.7. The Morgan fingerprint density at radius 3 is 2.17 bits per heavy atom. The lowest BCUT2D eigenvalue weighted by Gasteiger charge is -2.22. The predicted octanol–water partition coefficient (Wildman–Crippen LogP) is 3.61. The van der Waals surface area contributed by atoms with Crippen molar-refractivity contribution in [1.29, 1.82) is 0 Å². The summed E-state index contributed by atoms with van der Waals surface area (Å²) in [6, 6.07) is 9.88. The minimum atomic E-state index is -0.778. The molecule has 3 rings (SSSR count). The van der Waals surface area contributed by atoms with Crippen molar-refractivity contribution in [3.05, 3.63) is 74.3 Å². The average Bonchev–Trinajstić information content (AvgIpc) is 2.78. The number of carbonyl (C=O) groups excluding carboxylic acids is 2. The van der Waals surface area contributed by atoms with E-state index < -0.39 is 22.8 Å².